The summed E-state index contributed by atoms with van der Waals surface area (Å²) >= 11 is 0. The van der Waals surface area contributed by atoms with Crippen LogP contribution in [0.5, 0.6) is 0 Å². The highest BCUT2D eigenvalue weighted by atomic mass is 16.5. The minimum absolute atomic E-state index is 0.321. The molecule has 2 aliphatic rings. The first-order valence-corrected chi connectivity index (χ1v) is 4.11. The second-order valence-electron chi connectivity index (χ2n) is 3.53. The topological polar surface area (TPSA) is 9.23 Å². The summed E-state index contributed by atoms with van der Waals surface area (Å²) in [5.74, 6) is 0. The van der Waals surface area contributed by atoms with Gasteiger partial charge in [0, 0.05) is 0 Å². The van der Waals surface area contributed by atoms with Gasteiger partial charge in [0.05, 0.1) is 12.2 Å². The van der Waals surface area contributed by atoms with Crippen LogP contribution in [-0.2, 0) is 4.74 Å². The quantitative estimate of drug-likeness (QED) is 0.466. The summed E-state index contributed by atoms with van der Waals surface area (Å²) < 4.78 is 5.57. The first-order valence-electron chi connectivity index (χ1n) is 4.11. The molecule has 0 aromatic rings. The van der Waals surface area contributed by atoms with Crippen molar-refractivity contribution in [3.8, 4) is 0 Å². The Morgan fingerprint density at radius 3 is 2.20 bits per heavy atom. The highest BCUT2D eigenvalue weighted by Gasteiger charge is 2.39. The molecule has 0 unspecified atom stereocenters. The molecule has 0 N–H and O–H groups in total. The Morgan fingerprint density at radius 2 is 1.80 bits per heavy atom. The number of allylic oxidation sites excluding steroid dienone is 1. The lowest BCUT2D eigenvalue weighted by Crippen LogP contribution is -2.45. The SMILES string of the molecule is C=C1CCC2(CCO2)CC1. The van der Waals surface area contributed by atoms with Crippen LogP contribution >= 0.6 is 0 Å². The van der Waals surface area contributed by atoms with Gasteiger partial charge in [0.15, 0.2) is 0 Å². The molecule has 10 heavy (non-hydrogen) atoms. The first-order chi connectivity index (χ1) is 4.81. The molecule has 1 nitrogen and oxygen atoms in total. The van der Waals surface area contributed by atoms with Crippen molar-refractivity contribution in [3.05, 3.63) is 12.2 Å². The first kappa shape index (κ1) is 6.41. The largest absolute Gasteiger partial charge is 0.375 e. The molecular weight excluding hydrogens is 124 g/mol. The van der Waals surface area contributed by atoms with Gasteiger partial charge in [-0.25, -0.2) is 0 Å². The molecule has 0 bridgehead atoms. The summed E-state index contributed by atoms with van der Waals surface area (Å²) in [6.45, 7) is 4.98. The van der Waals surface area contributed by atoms with Crippen molar-refractivity contribution in [1.29, 1.82) is 0 Å². The fraction of sp³-hybridized carbons (Fsp3) is 0.778. The van der Waals surface area contributed by atoms with E-state index in [0.717, 1.165) is 6.61 Å². The van der Waals surface area contributed by atoms with Gasteiger partial charge < -0.3 is 4.74 Å². The molecule has 1 heterocycles. The number of hydrogen-bond acceptors (Lipinski definition) is 1. The van der Waals surface area contributed by atoms with Crippen LogP contribution in [0, 0.1) is 0 Å². The van der Waals surface area contributed by atoms with Crippen molar-refractivity contribution >= 4 is 0 Å². The number of ether oxygens (including phenoxy) is 1. The Balaban J connectivity index is 1.96. The zero-order valence-corrected chi connectivity index (χ0v) is 6.36. The average Bonchev–Trinajstić information content (AvgIpc) is 1.86. The Hall–Kier alpha value is -0.300. The lowest BCUT2D eigenvalue weighted by molar-refractivity contribution is -0.160. The molecule has 0 atom stereocenters. The van der Waals surface area contributed by atoms with Gasteiger partial charge in [-0.15, -0.1) is 0 Å². The predicted molar refractivity (Wildman–Crippen MR) is 40.9 cm³/mol. The molecule has 1 heteroatoms. The summed E-state index contributed by atoms with van der Waals surface area (Å²) in [4.78, 5) is 0. The van der Waals surface area contributed by atoms with Crippen molar-refractivity contribution in [2.75, 3.05) is 6.61 Å². The van der Waals surface area contributed by atoms with E-state index in [1.54, 1.807) is 0 Å². The smallest absolute Gasteiger partial charge is 0.0710 e. The van der Waals surface area contributed by atoms with Gasteiger partial charge in [-0.05, 0) is 32.1 Å². The Labute approximate surface area is 62.1 Å². The van der Waals surface area contributed by atoms with Crippen molar-refractivity contribution < 1.29 is 4.74 Å². The van der Waals surface area contributed by atoms with Gasteiger partial charge in [0.2, 0.25) is 0 Å². The lowest BCUT2D eigenvalue weighted by Gasteiger charge is -2.45. The van der Waals surface area contributed by atoms with E-state index >= 15 is 0 Å². The number of hydrogen-bond donors (Lipinski definition) is 0. The van der Waals surface area contributed by atoms with E-state index in [1.165, 1.54) is 37.7 Å². The average molecular weight is 138 g/mol. The van der Waals surface area contributed by atoms with Gasteiger partial charge >= 0.3 is 0 Å². The zero-order valence-electron chi connectivity index (χ0n) is 6.36. The van der Waals surface area contributed by atoms with E-state index in [4.69, 9.17) is 4.74 Å². The predicted octanol–water partition coefficient (Wildman–Crippen LogP) is 2.28. The van der Waals surface area contributed by atoms with Gasteiger partial charge in [-0.3, -0.25) is 0 Å². The van der Waals surface area contributed by atoms with E-state index in [0.29, 0.717) is 5.60 Å². The molecular formula is C9H14O. The van der Waals surface area contributed by atoms with Crippen LogP contribution < -0.4 is 0 Å². The molecule has 0 radical (unpaired) electrons. The monoisotopic (exact) mass is 138 g/mol. The van der Waals surface area contributed by atoms with Crippen LogP contribution in [0.4, 0.5) is 0 Å². The Bertz CT molecular complexity index is 144. The van der Waals surface area contributed by atoms with E-state index in [9.17, 15) is 0 Å². The standard InChI is InChI=1S/C9H14O/c1-8-2-4-9(5-3-8)6-7-10-9/h1-7H2. The lowest BCUT2D eigenvalue weighted by atomic mass is 9.78. The third kappa shape index (κ3) is 0.891. The minimum Gasteiger partial charge on any atom is -0.375 e. The maximum atomic E-state index is 5.57. The van der Waals surface area contributed by atoms with Gasteiger partial charge in [0.25, 0.3) is 0 Å². The second-order valence-corrected chi connectivity index (χ2v) is 3.53. The Kier molecular flexibility index (Phi) is 1.34. The molecule has 0 aromatic heterocycles. The van der Waals surface area contributed by atoms with Gasteiger partial charge in [0.1, 0.15) is 0 Å². The third-order valence-corrected chi connectivity index (χ3v) is 2.83. The maximum Gasteiger partial charge on any atom is 0.0710 e. The second kappa shape index (κ2) is 2.09. The van der Waals surface area contributed by atoms with E-state index in [2.05, 4.69) is 6.58 Å². The highest BCUT2D eigenvalue weighted by Crippen LogP contribution is 2.41. The third-order valence-electron chi connectivity index (χ3n) is 2.83. The fourth-order valence-electron chi connectivity index (χ4n) is 1.84. The molecule has 1 aliphatic carbocycles. The fourth-order valence-corrected chi connectivity index (χ4v) is 1.84. The number of rotatable bonds is 0. The van der Waals surface area contributed by atoms with Crippen LogP contribution in [0.1, 0.15) is 32.1 Å². The van der Waals surface area contributed by atoms with Crippen molar-refractivity contribution in [2.45, 2.75) is 37.7 Å². The normalized spacial score (nSPS) is 30.2. The molecule has 2 fully saturated rings. The summed E-state index contributed by atoms with van der Waals surface area (Å²) in [7, 11) is 0. The highest BCUT2D eigenvalue weighted by molar-refractivity contribution is 5.05. The molecule has 56 valence electrons. The molecule has 1 spiro atoms. The van der Waals surface area contributed by atoms with E-state index < -0.39 is 0 Å². The minimum atomic E-state index is 0.321. The maximum absolute atomic E-state index is 5.57. The molecule has 1 aliphatic heterocycles. The van der Waals surface area contributed by atoms with Crippen LogP contribution in [0.25, 0.3) is 0 Å². The molecule has 0 amide bonds. The van der Waals surface area contributed by atoms with Crippen LogP contribution in [-0.4, -0.2) is 12.2 Å². The van der Waals surface area contributed by atoms with Crippen molar-refractivity contribution in [3.63, 3.8) is 0 Å². The molecule has 1 saturated carbocycles. The van der Waals surface area contributed by atoms with E-state index in [-0.39, 0.29) is 0 Å². The van der Waals surface area contributed by atoms with Crippen LogP contribution in [0.2, 0.25) is 0 Å². The summed E-state index contributed by atoms with van der Waals surface area (Å²) in [5.41, 5.74) is 1.74. The van der Waals surface area contributed by atoms with Gasteiger partial charge in [-0.2, -0.15) is 0 Å². The summed E-state index contributed by atoms with van der Waals surface area (Å²) in [5, 5.41) is 0. The molecule has 2 rings (SSSR count). The zero-order chi connectivity index (χ0) is 7.03. The molecule has 1 saturated heterocycles. The Morgan fingerprint density at radius 1 is 1.20 bits per heavy atom. The van der Waals surface area contributed by atoms with E-state index in [1.807, 2.05) is 0 Å². The van der Waals surface area contributed by atoms with Crippen LogP contribution in [0.3, 0.4) is 0 Å². The summed E-state index contributed by atoms with van der Waals surface area (Å²) in [6.07, 6.45) is 6.14. The summed E-state index contributed by atoms with van der Waals surface area (Å²) in [6, 6.07) is 0. The van der Waals surface area contributed by atoms with Crippen LogP contribution in [0.15, 0.2) is 12.2 Å². The molecule has 0 aromatic carbocycles. The van der Waals surface area contributed by atoms with Crippen molar-refractivity contribution in [1.82, 2.24) is 0 Å². The van der Waals surface area contributed by atoms with Gasteiger partial charge in [-0.1, -0.05) is 12.2 Å². The van der Waals surface area contributed by atoms with Crippen molar-refractivity contribution in [2.24, 2.45) is 0 Å².